The van der Waals surface area contributed by atoms with Crippen molar-refractivity contribution in [2.24, 2.45) is 16.8 Å². The van der Waals surface area contributed by atoms with E-state index in [-0.39, 0.29) is 24.0 Å². The highest BCUT2D eigenvalue weighted by Gasteiger charge is 2.25. The van der Waals surface area contributed by atoms with Crippen LogP contribution in [0, 0.1) is 11.8 Å². The first-order valence-electron chi connectivity index (χ1n) is 9.52. The summed E-state index contributed by atoms with van der Waals surface area (Å²) in [7, 11) is 1.91. The van der Waals surface area contributed by atoms with Gasteiger partial charge in [0.25, 0.3) is 0 Å². The van der Waals surface area contributed by atoms with Crippen LogP contribution in [-0.2, 0) is 0 Å². The Labute approximate surface area is 166 Å². The molecule has 0 radical (unpaired) electrons. The number of rotatable bonds is 6. The molecule has 0 aromatic carbocycles. The molecule has 0 aliphatic carbocycles. The van der Waals surface area contributed by atoms with E-state index in [0.717, 1.165) is 37.4 Å². The number of hydrogen-bond acceptors (Lipinski definition) is 3. The maximum Gasteiger partial charge on any atom is 0.193 e. The topological polar surface area (TPSA) is 34.1 Å². The number of likely N-dealkylation sites (tertiary alicyclic amines) is 1. The van der Waals surface area contributed by atoms with Gasteiger partial charge in [-0.2, -0.15) is 0 Å². The molecule has 2 saturated heterocycles. The van der Waals surface area contributed by atoms with Crippen LogP contribution in [0.1, 0.15) is 33.6 Å². The van der Waals surface area contributed by atoms with Gasteiger partial charge < -0.3 is 15.1 Å². The number of halogens is 1. The van der Waals surface area contributed by atoms with Crippen LogP contribution in [0.25, 0.3) is 0 Å². The molecule has 0 amide bonds. The molecule has 5 nitrogen and oxygen atoms in total. The Balaban J connectivity index is 0.00000288. The molecule has 24 heavy (non-hydrogen) atoms. The van der Waals surface area contributed by atoms with Gasteiger partial charge in [-0.05, 0) is 31.2 Å². The van der Waals surface area contributed by atoms with Gasteiger partial charge in [0.05, 0.1) is 0 Å². The molecular weight excluding hydrogens is 413 g/mol. The first-order chi connectivity index (χ1) is 11.1. The average molecular weight is 451 g/mol. The summed E-state index contributed by atoms with van der Waals surface area (Å²) in [5.74, 6) is 2.75. The van der Waals surface area contributed by atoms with Gasteiger partial charge in [0.15, 0.2) is 5.96 Å². The molecule has 2 aliphatic heterocycles. The van der Waals surface area contributed by atoms with Crippen LogP contribution in [0.2, 0.25) is 0 Å². The van der Waals surface area contributed by atoms with Crippen molar-refractivity contribution in [1.82, 2.24) is 20.0 Å². The maximum atomic E-state index is 4.50. The summed E-state index contributed by atoms with van der Waals surface area (Å²) in [6.07, 6.45) is 2.66. The van der Waals surface area contributed by atoms with E-state index in [1.54, 1.807) is 0 Å². The Morgan fingerprint density at radius 3 is 2.38 bits per heavy atom. The minimum Gasteiger partial charge on any atom is -0.355 e. The lowest BCUT2D eigenvalue weighted by Gasteiger charge is -2.34. The predicted octanol–water partition coefficient (Wildman–Crippen LogP) is 2.19. The first-order valence-corrected chi connectivity index (χ1v) is 9.52. The second-order valence-corrected chi connectivity index (χ2v) is 7.48. The predicted molar refractivity (Wildman–Crippen MR) is 114 cm³/mol. The summed E-state index contributed by atoms with van der Waals surface area (Å²) in [4.78, 5) is 12.0. The van der Waals surface area contributed by atoms with Crippen molar-refractivity contribution in [3.05, 3.63) is 0 Å². The largest absolute Gasteiger partial charge is 0.355 e. The van der Waals surface area contributed by atoms with Gasteiger partial charge in [0.2, 0.25) is 0 Å². The molecule has 2 fully saturated rings. The van der Waals surface area contributed by atoms with E-state index in [1.807, 2.05) is 7.05 Å². The van der Waals surface area contributed by atoms with Crippen molar-refractivity contribution >= 4 is 29.9 Å². The fourth-order valence-electron chi connectivity index (χ4n) is 3.87. The highest BCUT2D eigenvalue weighted by molar-refractivity contribution is 14.0. The van der Waals surface area contributed by atoms with E-state index in [9.17, 15) is 0 Å². The van der Waals surface area contributed by atoms with Crippen molar-refractivity contribution in [2.45, 2.75) is 33.6 Å². The van der Waals surface area contributed by atoms with E-state index in [0.29, 0.717) is 0 Å². The monoisotopic (exact) mass is 451 g/mol. The number of guanidine groups is 1. The zero-order chi connectivity index (χ0) is 16.7. The Morgan fingerprint density at radius 1 is 1.12 bits per heavy atom. The Bertz CT molecular complexity index is 366. The number of piperazine rings is 1. The molecule has 1 N–H and O–H groups in total. The molecule has 142 valence electrons. The summed E-state index contributed by atoms with van der Waals surface area (Å²) < 4.78 is 0. The van der Waals surface area contributed by atoms with Crippen LogP contribution in [0.15, 0.2) is 4.99 Å². The van der Waals surface area contributed by atoms with E-state index in [1.165, 1.54) is 52.1 Å². The van der Waals surface area contributed by atoms with Gasteiger partial charge >= 0.3 is 0 Å². The summed E-state index contributed by atoms with van der Waals surface area (Å²) >= 11 is 0. The van der Waals surface area contributed by atoms with E-state index < -0.39 is 0 Å². The van der Waals surface area contributed by atoms with Crippen LogP contribution >= 0.6 is 24.0 Å². The Kier molecular flexibility index (Phi) is 10.5. The van der Waals surface area contributed by atoms with Crippen LogP contribution in [0.4, 0.5) is 0 Å². The van der Waals surface area contributed by atoms with E-state index in [2.05, 4.69) is 45.8 Å². The molecule has 1 atom stereocenters. The molecule has 2 aliphatic rings. The molecular formula is C18H38IN5. The van der Waals surface area contributed by atoms with Crippen molar-refractivity contribution in [2.75, 3.05) is 66.0 Å². The fraction of sp³-hybridized carbons (Fsp3) is 0.944. The molecule has 0 saturated carbocycles. The maximum absolute atomic E-state index is 4.50. The molecule has 2 rings (SSSR count). The summed E-state index contributed by atoms with van der Waals surface area (Å²) in [6, 6.07) is 0. The molecule has 0 bridgehead atoms. The van der Waals surface area contributed by atoms with Crippen LogP contribution in [0.5, 0.6) is 0 Å². The number of nitrogens with zero attached hydrogens (tertiary/aromatic N) is 4. The highest BCUT2D eigenvalue weighted by atomic mass is 127. The van der Waals surface area contributed by atoms with Gasteiger partial charge in [0, 0.05) is 59.4 Å². The van der Waals surface area contributed by atoms with Crippen molar-refractivity contribution in [3.8, 4) is 0 Å². The number of likely N-dealkylation sites (N-methyl/N-ethyl adjacent to an activating group) is 1. The van der Waals surface area contributed by atoms with Crippen LogP contribution in [-0.4, -0.2) is 86.6 Å². The molecule has 6 heteroatoms. The van der Waals surface area contributed by atoms with E-state index in [4.69, 9.17) is 0 Å². The molecule has 0 spiro atoms. The summed E-state index contributed by atoms with van der Waals surface area (Å²) in [6.45, 7) is 17.4. The van der Waals surface area contributed by atoms with Gasteiger partial charge in [-0.25, -0.2) is 0 Å². The Hall–Kier alpha value is -0.0800. The van der Waals surface area contributed by atoms with Crippen LogP contribution < -0.4 is 5.32 Å². The molecule has 0 aromatic heterocycles. The van der Waals surface area contributed by atoms with E-state index >= 15 is 0 Å². The molecule has 0 aromatic rings. The van der Waals surface area contributed by atoms with Gasteiger partial charge in [-0.1, -0.05) is 20.8 Å². The van der Waals surface area contributed by atoms with Gasteiger partial charge in [-0.15, -0.1) is 24.0 Å². The number of aliphatic imine (C=N–C) groups is 1. The molecule has 2 heterocycles. The third-order valence-electron chi connectivity index (χ3n) is 5.23. The third kappa shape index (κ3) is 7.04. The average Bonchev–Trinajstić information content (AvgIpc) is 2.99. The lowest BCUT2D eigenvalue weighted by molar-refractivity contribution is 0.139. The first kappa shape index (κ1) is 22.0. The standard InChI is InChI=1S/C18H37N5.HI/c1-5-21-10-12-22(13-11-21)9-7-20-18(19-4)23-8-6-17(15-23)14-16(2)3;/h16-17H,5-15H2,1-4H3,(H,19,20);1H. The Morgan fingerprint density at radius 2 is 1.79 bits per heavy atom. The summed E-state index contributed by atoms with van der Waals surface area (Å²) in [5, 5.41) is 3.58. The minimum atomic E-state index is 0. The van der Waals surface area contributed by atoms with Crippen LogP contribution in [0.3, 0.4) is 0 Å². The highest BCUT2D eigenvalue weighted by Crippen LogP contribution is 2.23. The second kappa shape index (κ2) is 11.5. The normalized spacial score (nSPS) is 23.6. The lowest BCUT2D eigenvalue weighted by Crippen LogP contribution is -2.49. The molecule has 1 unspecified atom stereocenters. The zero-order valence-corrected chi connectivity index (χ0v) is 18.5. The SMILES string of the molecule is CCN1CCN(CCNC(=NC)N2CCC(CC(C)C)C2)CC1.I. The van der Waals surface area contributed by atoms with Gasteiger partial charge in [0.1, 0.15) is 0 Å². The number of nitrogens with one attached hydrogen (secondary N) is 1. The fourth-order valence-corrected chi connectivity index (χ4v) is 3.87. The van der Waals surface area contributed by atoms with Crippen molar-refractivity contribution in [1.29, 1.82) is 0 Å². The summed E-state index contributed by atoms with van der Waals surface area (Å²) in [5.41, 5.74) is 0. The van der Waals surface area contributed by atoms with Crippen molar-refractivity contribution in [3.63, 3.8) is 0 Å². The smallest absolute Gasteiger partial charge is 0.193 e. The quantitative estimate of drug-likeness (QED) is 0.382. The second-order valence-electron chi connectivity index (χ2n) is 7.48. The minimum absolute atomic E-state index is 0. The van der Waals surface area contributed by atoms with Gasteiger partial charge in [-0.3, -0.25) is 9.89 Å². The zero-order valence-electron chi connectivity index (χ0n) is 16.1. The number of hydrogen-bond donors (Lipinski definition) is 1. The van der Waals surface area contributed by atoms with Crippen molar-refractivity contribution < 1.29 is 0 Å². The lowest BCUT2D eigenvalue weighted by atomic mass is 9.97. The third-order valence-corrected chi connectivity index (χ3v) is 5.23.